The summed E-state index contributed by atoms with van der Waals surface area (Å²) in [5.74, 6) is 0.894. The number of para-hydroxylation sites is 4. The molecule has 302 valence electrons. The lowest BCUT2D eigenvalue weighted by Gasteiger charge is -2.34. The summed E-state index contributed by atoms with van der Waals surface area (Å²) >= 11 is 0. The van der Waals surface area contributed by atoms with Gasteiger partial charge in [-0.15, -0.1) is 0 Å². The Morgan fingerprint density at radius 2 is 1.32 bits per heavy atom. The van der Waals surface area contributed by atoms with E-state index in [1.165, 1.54) is 27.5 Å². The number of hydrogen-bond donors (Lipinski definition) is 0. The van der Waals surface area contributed by atoms with Crippen LogP contribution in [-0.2, 0) is 0 Å². The molecular weight excluding hydrogens is 790 g/mol. The van der Waals surface area contributed by atoms with Gasteiger partial charge in [0, 0.05) is 49.5 Å². The fraction of sp³-hybridized carbons (Fsp3) is 0.0526. The Balaban J connectivity index is 1.10. The largest absolute Gasteiger partial charge is 0.456 e. The summed E-state index contributed by atoms with van der Waals surface area (Å²) in [6, 6.07) is 60.7. The molecule has 0 saturated heterocycles. The molecule has 2 aliphatic rings. The van der Waals surface area contributed by atoms with E-state index in [1.54, 1.807) is 0 Å². The zero-order valence-electron chi connectivity index (χ0n) is 34.8. The molecule has 12 rings (SSSR count). The average Bonchev–Trinajstić information content (AvgIpc) is 4.05. The third kappa shape index (κ3) is 6.11. The summed E-state index contributed by atoms with van der Waals surface area (Å²) in [4.78, 5) is 0. The minimum absolute atomic E-state index is 0.864. The summed E-state index contributed by atoms with van der Waals surface area (Å²) in [5.41, 5.74) is 15.2. The third-order valence-corrected chi connectivity index (χ3v) is 15.0. The van der Waals surface area contributed by atoms with Gasteiger partial charge in [-0.1, -0.05) is 128 Å². The molecule has 0 fully saturated rings. The molecule has 5 nitrogen and oxygen atoms in total. The Morgan fingerprint density at radius 1 is 0.619 bits per heavy atom. The van der Waals surface area contributed by atoms with E-state index in [0.29, 0.717) is 0 Å². The van der Waals surface area contributed by atoms with Crippen molar-refractivity contribution in [2.24, 2.45) is 0 Å². The molecule has 3 aromatic heterocycles. The minimum Gasteiger partial charge on any atom is -0.456 e. The molecule has 0 spiro atoms. The molecule has 0 saturated carbocycles. The maximum atomic E-state index is 6.46. The number of furan rings is 2. The summed E-state index contributed by atoms with van der Waals surface area (Å²) < 4.78 is 20.4. The van der Waals surface area contributed by atoms with Crippen LogP contribution in [0.3, 0.4) is 0 Å². The fourth-order valence-electron chi connectivity index (χ4n) is 9.55. The van der Waals surface area contributed by atoms with Crippen LogP contribution in [0.25, 0.3) is 73.3 Å². The topological polar surface area (TPSA) is 37.7 Å². The Bertz CT molecular complexity index is 3510. The molecule has 0 N–H and O–H groups in total. The van der Waals surface area contributed by atoms with Crippen molar-refractivity contribution in [3.63, 3.8) is 0 Å². The SMILES string of the molecule is C=C/C(=C\c1c(C)c2ccccc2n1-c1ccccc1)c1ccc2c(c1)N(c1ccc3oc4ccccc4c3c1)P(c1ccccc1)N2/C1=C/c2c(oc3ccccc23)C=CCC1. The zero-order valence-corrected chi connectivity index (χ0v) is 35.7. The normalized spacial score (nSPS) is 16.0. The Labute approximate surface area is 367 Å². The van der Waals surface area contributed by atoms with Crippen LogP contribution in [0.15, 0.2) is 203 Å². The lowest BCUT2D eigenvalue weighted by atomic mass is 10.0. The molecule has 0 amide bonds. The van der Waals surface area contributed by atoms with Gasteiger partial charge >= 0.3 is 0 Å². The van der Waals surface area contributed by atoms with Crippen molar-refractivity contribution < 1.29 is 8.83 Å². The highest BCUT2D eigenvalue weighted by molar-refractivity contribution is 7.70. The molecule has 1 aliphatic heterocycles. The van der Waals surface area contributed by atoms with Crippen LogP contribution in [0.5, 0.6) is 0 Å². The summed E-state index contributed by atoms with van der Waals surface area (Å²) in [7, 11) is -1.19. The van der Waals surface area contributed by atoms with E-state index in [2.05, 4.69) is 209 Å². The number of allylic oxidation sites excluding steroid dienone is 4. The molecule has 10 aromatic rings. The average molecular weight is 832 g/mol. The van der Waals surface area contributed by atoms with Crippen molar-refractivity contribution >= 4 is 98.2 Å². The predicted molar refractivity (Wildman–Crippen MR) is 266 cm³/mol. The van der Waals surface area contributed by atoms with E-state index in [0.717, 1.165) is 96.7 Å². The molecule has 6 heteroatoms. The van der Waals surface area contributed by atoms with Crippen LogP contribution in [0.4, 0.5) is 17.1 Å². The van der Waals surface area contributed by atoms with Gasteiger partial charge in [0.15, 0.2) is 0 Å². The molecule has 7 aromatic carbocycles. The van der Waals surface area contributed by atoms with Gasteiger partial charge in [-0.25, -0.2) is 0 Å². The lowest BCUT2D eigenvalue weighted by Crippen LogP contribution is -2.25. The molecule has 4 heterocycles. The third-order valence-electron chi connectivity index (χ3n) is 12.5. The number of nitrogens with zero attached hydrogens (tertiary/aromatic N) is 3. The van der Waals surface area contributed by atoms with Crippen molar-refractivity contribution in [3.05, 3.63) is 222 Å². The van der Waals surface area contributed by atoms with E-state index < -0.39 is 8.22 Å². The van der Waals surface area contributed by atoms with Crippen molar-refractivity contribution in [3.8, 4) is 5.69 Å². The lowest BCUT2D eigenvalue weighted by molar-refractivity contribution is 0.602. The zero-order chi connectivity index (χ0) is 42.0. The van der Waals surface area contributed by atoms with Gasteiger partial charge in [-0.3, -0.25) is 4.67 Å². The molecule has 0 radical (unpaired) electrons. The molecule has 1 atom stereocenters. The number of anilines is 3. The highest BCUT2D eigenvalue weighted by atomic mass is 31.1. The van der Waals surface area contributed by atoms with E-state index in [-0.39, 0.29) is 0 Å². The predicted octanol–water partition coefficient (Wildman–Crippen LogP) is 15.8. The fourth-order valence-corrected chi connectivity index (χ4v) is 12.1. The van der Waals surface area contributed by atoms with Crippen LogP contribution >= 0.6 is 8.22 Å². The molecule has 63 heavy (non-hydrogen) atoms. The maximum Gasteiger partial charge on any atom is 0.138 e. The number of rotatable bonds is 7. The quantitative estimate of drug-likeness (QED) is 0.118. The number of benzene rings is 7. The Kier molecular flexibility index (Phi) is 8.91. The van der Waals surface area contributed by atoms with Crippen molar-refractivity contribution in [1.29, 1.82) is 0 Å². The van der Waals surface area contributed by atoms with Gasteiger partial charge in [0.05, 0.1) is 22.6 Å². The molecular formula is C57H42N3O2P. The molecule has 1 unspecified atom stereocenters. The van der Waals surface area contributed by atoms with Crippen molar-refractivity contribution in [2.75, 3.05) is 9.34 Å². The standard InChI is InChI=1S/C57H42N3O2P/c1-3-39(34-52-38(2)45-23-11-14-26-50(45)58(52)41-18-6-4-7-19-41)40-30-32-51-53(35-40)60(43-31-33-57-49(37-43)47-25-13-17-28-55(47)62-57)63(44-21-8-5-9-22-44)59(51)42-20-10-15-29-56-48(36-42)46-24-12-16-27-54(46)61-56/h3-9,11-19,21-37H,1,10,20H2,2H3/b29-15?,39-34+,42-36+. The highest BCUT2D eigenvalue weighted by Crippen LogP contribution is 2.65. The number of aromatic nitrogens is 1. The summed E-state index contributed by atoms with van der Waals surface area (Å²) in [6.07, 6.45) is 12.9. The first-order valence-corrected chi connectivity index (χ1v) is 22.8. The first kappa shape index (κ1) is 37.2. The molecule has 0 bridgehead atoms. The van der Waals surface area contributed by atoms with Crippen LogP contribution in [-0.4, -0.2) is 4.57 Å². The number of hydrogen-bond acceptors (Lipinski definition) is 4. The van der Waals surface area contributed by atoms with Gasteiger partial charge in [-0.2, -0.15) is 0 Å². The van der Waals surface area contributed by atoms with E-state index in [9.17, 15) is 0 Å². The van der Waals surface area contributed by atoms with E-state index in [1.807, 2.05) is 18.2 Å². The second kappa shape index (κ2) is 15.1. The van der Waals surface area contributed by atoms with E-state index >= 15 is 0 Å². The Hall–Kier alpha value is -7.59. The second-order valence-corrected chi connectivity index (χ2v) is 18.1. The monoisotopic (exact) mass is 831 g/mol. The summed E-state index contributed by atoms with van der Waals surface area (Å²) in [6.45, 7) is 6.65. The number of fused-ring (bicyclic) bond motifs is 8. The van der Waals surface area contributed by atoms with Crippen LogP contribution in [0, 0.1) is 6.92 Å². The smallest absolute Gasteiger partial charge is 0.138 e. The van der Waals surface area contributed by atoms with Crippen molar-refractivity contribution in [1.82, 2.24) is 4.57 Å². The Morgan fingerprint density at radius 3 is 2.13 bits per heavy atom. The van der Waals surface area contributed by atoms with Crippen LogP contribution in [0.1, 0.15) is 41.0 Å². The van der Waals surface area contributed by atoms with Crippen LogP contribution in [0.2, 0.25) is 0 Å². The van der Waals surface area contributed by atoms with Gasteiger partial charge < -0.3 is 18.1 Å². The minimum atomic E-state index is -1.19. The maximum absolute atomic E-state index is 6.46. The van der Waals surface area contributed by atoms with Gasteiger partial charge in [-0.05, 0) is 115 Å². The second-order valence-electron chi connectivity index (χ2n) is 16.2. The van der Waals surface area contributed by atoms with Gasteiger partial charge in [0.2, 0.25) is 0 Å². The van der Waals surface area contributed by atoms with Gasteiger partial charge in [0.25, 0.3) is 0 Å². The first-order valence-electron chi connectivity index (χ1n) is 21.5. The van der Waals surface area contributed by atoms with Crippen molar-refractivity contribution in [2.45, 2.75) is 19.8 Å². The summed E-state index contributed by atoms with van der Waals surface area (Å²) in [5, 5.41) is 5.81. The van der Waals surface area contributed by atoms with Crippen LogP contribution < -0.4 is 14.6 Å². The number of aryl methyl sites for hydroxylation is 1. The highest BCUT2D eigenvalue weighted by Gasteiger charge is 2.41. The van der Waals surface area contributed by atoms with E-state index in [4.69, 9.17) is 8.83 Å². The molecule has 1 aliphatic carbocycles. The van der Waals surface area contributed by atoms with Gasteiger partial charge in [0.1, 0.15) is 30.7 Å². The first-order chi connectivity index (χ1) is 31.1.